The molecule has 3 aromatic carbocycles. The van der Waals surface area contributed by atoms with Crippen LogP contribution < -0.4 is 10.1 Å². The summed E-state index contributed by atoms with van der Waals surface area (Å²) >= 11 is 0. The predicted molar refractivity (Wildman–Crippen MR) is 143 cm³/mol. The SMILES string of the molecule is CC1(C)OCc2cc([C@@H](O)CNCCc3cccc(COCCCCc4ccccc4)c3)ccc2O1. The lowest BCUT2D eigenvalue weighted by Crippen LogP contribution is -2.35. The van der Waals surface area contributed by atoms with Crippen molar-refractivity contribution in [1.29, 1.82) is 0 Å². The molecule has 0 bridgehead atoms. The molecule has 0 radical (unpaired) electrons. The Kier molecular flexibility index (Phi) is 9.54. The van der Waals surface area contributed by atoms with E-state index in [1.807, 2.05) is 32.0 Å². The fourth-order valence-electron chi connectivity index (χ4n) is 4.40. The highest BCUT2D eigenvalue weighted by Gasteiger charge is 2.27. The molecule has 0 saturated heterocycles. The molecule has 4 rings (SSSR count). The first-order valence-electron chi connectivity index (χ1n) is 13.0. The number of fused-ring (bicyclic) bond motifs is 1. The molecule has 2 N–H and O–H groups in total. The molecule has 0 saturated carbocycles. The number of aryl methyl sites for hydroxylation is 1. The summed E-state index contributed by atoms with van der Waals surface area (Å²) in [6, 6.07) is 25.0. The van der Waals surface area contributed by atoms with Crippen molar-refractivity contribution in [3.63, 3.8) is 0 Å². The minimum atomic E-state index is -0.610. The van der Waals surface area contributed by atoms with Gasteiger partial charge in [-0.2, -0.15) is 0 Å². The Morgan fingerprint density at radius 3 is 2.58 bits per heavy atom. The molecule has 0 fully saturated rings. The lowest BCUT2D eigenvalue weighted by Gasteiger charge is -2.33. The van der Waals surface area contributed by atoms with Gasteiger partial charge in [-0.1, -0.05) is 60.7 Å². The van der Waals surface area contributed by atoms with Crippen LogP contribution in [-0.2, 0) is 35.5 Å². The highest BCUT2D eigenvalue weighted by Crippen LogP contribution is 2.32. The maximum absolute atomic E-state index is 10.6. The van der Waals surface area contributed by atoms with E-state index in [-0.39, 0.29) is 0 Å². The molecule has 36 heavy (non-hydrogen) atoms. The van der Waals surface area contributed by atoms with E-state index in [1.165, 1.54) is 16.7 Å². The molecule has 192 valence electrons. The van der Waals surface area contributed by atoms with E-state index in [2.05, 4.69) is 59.9 Å². The maximum Gasteiger partial charge on any atom is 0.205 e. The summed E-state index contributed by atoms with van der Waals surface area (Å²) < 4.78 is 17.5. The number of rotatable bonds is 13. The van der Waals surface area contributed by atoms with E-state index >= 15 is 0 Å². The third kappa shape index (κ3) is 8.17. The third-order valence-corrected chi connectivity index (χ3v) is 6.44. The zero-order valence-corrected chi connectivity index (χ0v) is 21.5. The average molecular weight is 490 g/mol. The van der Waals surface area contributed by atoms with Crippen molar-refractivity contribution in [2.24, 2.45) is 0 Å². The lowest BCUT2D eigenvalue weighted by atomic mass is 10.0. The number of aliphatic hydroxyl groups excluding tert-OH is 1. The molecule has 1 aliphatic rings. The topological polar surface area (TPSA) is 60.0 Å². The first kappa shape index (κ1) is 26.4. The van der Waals surface area contributed by atoms with E-state index in [9.17, 15) is 5.11 Å². The lowest BCUT2D eigenvalue weighted by molar-refractivity contribution is -0.180. The van der Waals surface area contributed by atoms with Gasteiger partial charge in [-0.25, -0.2) is 0 Å². The molecule has 5 heteroatoms. The fraction of sp³-hybridized carbons (Fsp3) is 0.419. The molecule has 1 atom stereocenters. The highest BCUT2D eigenvalue weighted by molar-refractivity contribution is 5.39. The minimum absolute atomic E-state index is 0.490. The van der Waals surface area contributed by atoms with E-state index in [0.29, 0.717) is 19.8 Å². The molecule has 1 heterocycles. The molecular formula is C31H39NO4. The average Bonchev–Trinajstić information content (AvgIpc) is 2.88. The molecule has 0 spiro atoms. The summed E-state index contributed by atoms with van der Waals surface area (Å²) in [5, 5.41) is 14.0. The van der Waals surface area contributed by atoms with E-state index in [0.717, 1.165) is 55.7 Å². The second kappa shape index (κ2) is 13.0. The number of unbranched alkanes of at least 4 members (excludes halogenated alkanes) is 1. The molecular weight excluding hydrogens is 450 g/mol. The second-order valence-electron chi connectivity index (χ2n) is 9.94. The Balaban J connectivity index is 1.12. The van der Waals surface area contributed by atoms with Crippen LogP contribution in [0.2, 0.25) is 0 Å². The Hall–Kier alpha value is -2.70. The number of ether oxygens (including phenoxy) is 3. The van der Waals surface area contributed by atoms with E-state index in [1.54, 1.807) is 0 Å². The number of benzene rings is 3. The molecule has 0 aromatic heterocycles. The monoisotopic (exact) mass is 489 g/mol. The summed E-state index contributed by atoms with van der Waals surface area (Å²) in [5.41, 5.74) is 5.71. The fourth-order valence-corrected chi connectivity index (χ4v) is 4.40. The first-order chi connectivity index (χ1) is 17.5. The smallest absolute Gasteiger partial charge is 0.205 e. The predicted octanol–water partition coefficient (Wildman–Crippen LogP) is 5.74. The van der Waals surface area contributed by atoms with Gasteiger partial charge in [0, 0.05) is 32.6 Å². The molecule has 0 unspecified atom stereocenters. The van der Waals surface area contributed by atoms with Crippen LogP contribution >= 0.6 is 0 Å². The van der Waals surface area contributed by atoms with Gasteiger partial charge in [-0.05, 0) is 66.6 Å². The Morgan fingerprint density at radius 2 is 1.72 bits per heavy atom. The normalized spacial score (nSPS) is 15.2. The standard InChI is InChI=1S/C31H39NO4/c1-31(2)35-23-28-20-27(14-15-30(28)36-31)29(33)21-32-17-16-25-12-8-13-26(19-25)22-34-18-7-6-11-24-9-4-3-5-10-24/h3-5,8-10,12-15,19-20,29,32-33H,6-7,11,16-18,21-23H2,1-2H3/t29-/m0/s1. The molecule has 0 amide bonds. The maximum atomic E-state index is 10.6. The van der Waals surface area contributed by atoms with Gasteiger partial charge in [0.2, 0.25) is 5.79 Å². The van der Waals surface area contributed by atoms with Crippen LogP contribution in [0.25, 0.3) is 0 Å². The number of nitrogens with one attached hydrogen (secondary N) is 1. The van der Waals surface area contributed by atoms with Gasteiger partial charge in [0.25, 0.3) is 0 Å². The van der Waals surface area contributed by atoms with Crippen LogP contribution in [0.3, 0.4) is 0 Å². The van der Waals surface area contributed by atoms with Crippen molar-refractivity contribution in [1.82, 2.24) is 5.32 Å². The van der Waals surface area contributed by atoms with Crippen LogP contribution in [0.1, 0.15) is 60.6 Å². The molecule has 1 aliphatic heterocycles. The van der Waals surface area contributed by atoms with Crippen molar-refractivity contribution in [2.45, 2.75) is 64.6 Å². The van der Waals surface area contributed by atoms with E-state index in [4.69, 9.17) is 14.2 Å². The Labute approximate surface area is 215 Å². The van der Waals surface area contributed by atoms with Gasteiger partial charge in [-0.15, -0.1) is 0 Å². The number of aliphatic hydroxyl groups is 1. The van der Waals surface area contributed by atoms with Crippen LogP contribution in [0, 0.1) is 0 Å². The van der Waals surface area contributed by atoms with Crippen molar-refractivity contribution in [2.75, 3.05) is 19.7 Å². The third-order valence-electron chi connectivity index (χ3n) is 6.44. The largest absolute Gasteiger partial charge is 0.463 e. The van der Waals surface area contributed by atoms with Crippen LogP contribution in [0.4, 0.5) is 0 Å². The van der Waals surface area contributed by atoms with Crippen molar-refractivity contribution >= 4 is 0 Å². The van der Waals surface area contributed by atoms with E-state index < -0.39 is 11.9 Å². The van der Waals surface area contributed by atoms with Crippen LogP contribution in [-0.4, -0.2) is 30.6 Å². The molecule has 0 aliphatic carbocycles. The summed E-state index contributed by atoms with van der Waals surface area (Å²) in [7, 11) is 0. The number of hydrogen-bond acceptors (Lipinski definition) is 5. The van der Waals surface area contributed by atoms with Crippen molar-refractivity contribution < 1.29 is 19.3 Å². The number of hydrogen-bond donors (Lipinski definition) is 2. The van der Waals surface area contributed by atoms with Gasteiger partial charge in [-0.3, -0.25) is 0 Å². The summed E-state index contributed by atoms with van der Waals surface area (Å²) in [6.07, 6.45) is 3.65. The first-order valence-corrected chi connectivity index (χ1v) is 13.0. The highest BCUT2D eigenvalue weighted by atomic mass is 16.7. The summed E-state index contributed by atoms with van der Waals surface area (Å²) in [4.78, 5) is 0. The zero-order chi connectivity index (χ0) is 25.2. The van der Waals surface area contributed by atoms with Gasteiger partial charge in [0.05, 0.1) is 19.3 Å². The Morgan fingerprint density at radius 1 is 0.917 bits per heavy atom. The minimum Gasteiger partial charge on any atom is -0.463 e. The van der Waals surface area contributed by atoms with Crippen LogP contribution in [0.15, 0.2) is 72.8 Å². The summed E-state index contributed by atoms with van der Waals surface area (Å²) in [5.74, 6) is 0.215. The molecule has 3 aromatic rings. The van der Waals surface area contributed by atoms with Gasteiger partial charge in [0.1, 0.15) is 5.75 Å². The van der Waals surface area contributed by atoms with Crippen LogP contribution in [0.5, 0.6) is 5.75 Å². The van der Waals surface area contributed by atoms with Crippen molar-refractivity contribution in [3.8, 4) is 5.75 Å². The van der Waals surface area contributed by atoms with Gasteiger partial charge >= 0.3 is 0 Å². The van der Waals surface area contributed by atoms with Crippen molar-refractivity contribution in [3.05, 3.63) is 101 Å². The quantitative estimate of drug-likeness (QED) is 0.300. The molecule has 5 nitrogen and oxygen atoms in total. The Bertz CT molecular complexity index is 1080. The second-order valence-corrected chi connectivity index (χ2v) is 9.94. The zero-order valence-electron chi connectivity index (χ0n) is 21.5. The summed E-state index contributed by atoms with van der Waals surface area (Å²) in [6.45, 7) is 7.02. The van der Waals surface area contributed by atoms with Gasteiger partial charge < -0.3 is 24.6 Å². The van der Waals surface area contributed by atoms with Gasteiger partial charge in [0.15, 0.2) is 0 Å².